The van der Waals surface area contributed by atoms with Gasteiger partial charge < -0.3 is 15.1 Å². The number of thioether (sulfide) groups is 1. The molecule has 1 aliphatic carbocycles. The molecule has 1 saturated carbocycles. The smallest absolute Gasteiger partial charge is 0.227 e. The molecule has 0 unspecified atom stereocenters. The van der Waals surface area contributed by atoms with E-state index in [2.05, 4.69) is 5.32 Å². The number of likely N-dealkylation sites (tertiary alicyclic amines) is 1. The number of hydrogen-bond donors (Lipinski definition) is 1. The summed E-state index contributed by atoms with van der Waals surface area (Å²) in [4.78, 5) is 42.7. The SMILES string of the molecule is O=C(NC1CCN(C(=O)CCC(=O)N2CCSc3ccccc32)CC1)C1CCCCC1. The molecule has 6 nitrogen and oxygen atoms in total. The molecule has 168 valence electrons. The zero-order chi connectivity index (χ0) is 21.6. The molecule has 0 aromatic heterocycles. The van der Waals surface area contributed by atoms with Crippen LogP contribution in [0.25, 0.3) is 0 Å². The monoisotopic (exact) mass is 443 g/mol. The van der Waals surface area contributed by atoms with Crippen molar-refractivity contribution < 1.29 is 14.4 Å². The van der Waals surface area contributed by atoms with Crippen LogP contribution in [0, 0.1) is 5.92 Å². The number of piperidine rings is 1. The van der Waals surface area contributed by atoms with Gasteiger partial charge in [0.25, 0.3) is 0 Å². The van der Waals surface area contributed by atoms with Gasteiger partial charge >= 0.3 is 0 Å². The van der Waals surface area contributed by atoms with E-state index in [1.165, 1.54) is 6.42 Å². The Morgan fingerprint density at radius 1 is 0.903 bits per heavy atom. The lowest BCUT2D eigenvalue weighted by Gasteiger charge is -2.34. The summed E-state index contributed by atoms with van der Waals surface area (Å²) in [5, 5.41) is 3.21. The van der Waals surface area contributed by atoms with Crippen LogP contribution >= 0.6 is 11.8 Å². The zero-order valence-corrected chi connectivity index (χ0v) is 19.0. The Labute approximate surface area is 189 Å². The minimum Gasteiger partial charge on any atom is -0.353 e. The fraction of sp³-hybridized carbons (Fsp3) is 0.625. The summed E-state index contributed by atoms with van der Waals surface area (Å²) in [7, 11) is 0. The van der Waals surface area contributed by atoms with Gasteiger partial charge in [-0.15, -0.1) is 11.8 Å². The second-order valence-corrected chi connectivity index (χ2v) is 10.00. The first-order valence-corrected chi connectivity index (χ1v) is 12.7. The molecular formula is C24H33N3O3S. The Morgan fingerprint density at radius 3 is 2.39 bits per heavy atom. The molecule has 1 aromatic carbocycles. The number of para-hydroxylation sites is 1. The van der Waals surface area contributed by atoms with Gasteiger partial charge in [0.05, 0.1) is 5.69 Å². The van der Waals surface area contributed by atoms with Crippen LogP contribution in [0.2, 0.25) is 0 Å². The third-order valence-corrected chi connectivity index (χ3v) is 7.80. The normalized spacial score (nSPS) is 20.3. The van der Waals surface area contributed by atoms with E-state index in [0.29, 0.717) is 19.6 Å². The van der Waals surface area contributed by atoms with E-state index in [4.69, 9.17) is 0 Å². The van der Waals surface area contributed by atoms with Crippen molar-refractivity contribution in [1.29, 1.82) is 0 Å². The van der Waals surface area contributed by atoms with Crippen molar-refractivity contribution in [1.82, 2.24) is 10.2 Å². The molecule has 3 amide bonds. The highest BCUT2D eigenvalue weighted by atomic mass is 32.2. The van der Waals surface area contributed by atoms with Gasteiger partial charge in [-0.3, -0.25) is 14.4 Å². The molecule has 0 spiro atoms. The van der Waals surface area contributed by atoms with E-state index in [9.17, 15) is 14.4 Å². The number of carbonyl (C=O) groups is 3. The summed E-state index contributed by atoms with van der Waals surface area (Å²) in [6, 6.07) is 8.13. The lowest BCUT2D eigenvalue weighted by atomic mass is 9.88. The number of hydrogen-bond acceptors (Lipinski definition) is 4. The van der Waals surface area contributed by atoms with Gasteiger partial charge in [-0.1, -0.05) is 31.4 Å². The van der Waals surface area contributed by atoms with Crippen LogP contribution in [0.3, 0.4) is 0 Å². The molecular weight excluding hydrogens is 410 g/mol. The minimum atomic E-state index is 0.0238. The number of anilines is 1. The Bertz CT molecular complexity index is 801. The van der Waals surface area contributed by atoms with Crippen molar-refractivity contribution in [3.8, 4) is 0 Å². The standard InChI is InChI=1S/C24H33N3O3S/c28-22(10-11-23(29)27-16-17-31-21-9-5-4-8-20(21)27)26-14-12-19(13-15-26)25-24(30)18-6-2-1-3-7-18/h4-5,8-9,18-19H,1-3,6-7,10-17H2,(H,25,30). The fourth-order valence-corrected chi connectivity index (χ4v) is 5.89. The fourth-order valence-electron chi connectivity index (χ4n) is 4.89. The molecule has 4 rings (SSSR count). The maximum Gasteiger partial charge on any atom is 0.227 e. The first kappa shape index (κ1) is 22.2. The molecule has 31 heavy (non-hydrogen) atoms. The maximum absolute atomic E-state index is 12.8. The molecule has 1 saturated heterocycles. The molecule has 7 heteroatoms. The van der Waals surface area contributed by atoms with Gasteiger partial charge in [0.15, 0.2) is 0 Å². The number of nitrogens with one attached hydrogen (secondary N) is 1. The number of benzene rings is 1. The Balaban J connectivity index is 1.20. The Kier molecular flexibility index (Phi) is 7.54. The first-order chi connectivity index (χ1) is 15.1. The van der Waals surface area contributed by atoms with Crippen molar-refractivity contribution in [2.75, 3.05) is 30.3 Å². The second-order valence-electron chi connectivity index (χ2n) is 8.86. The molecule has 0 atom stereocenters. The highest BCUT2D eigenvalue weighted by molar-refractivity contribution is 7.99. The molecule has 1 aromatic rings. The predicted octanol–water partition coefficient (Wildman–Crippen LogP) is 3.59. The topological polar surface area (TPSA) is 69.7 Å². The van der Waals surface area contributed by atoms with Crippen molar-refractivity contribution in [2.24, 2.45) is 5.92 Å². The van der Waals surface area contributed by atoms with Gasteiger partial charge in [-0.25, -0.2) is 0 Å². The van der Waals surface area contributed by atoms with E-state index >= 15 is 0 Å². The van der Waals surface area contributed by atoms with Crippen molar-refractivity contribution in [2.45, 2.75) is 68.7 Å². The molecule has 2 aliphatic heterocycles. The maximum atomic E-state index is 12.8. The van der Waals surface area contributed by atoms with Crippen molar-refractivity contribution in [3.63, 3.8) is 0 Å². The Morgan fingerprint density at radius 2 is 1.61 bits per heavy atom. The third kappa shape index (κ3) is 5.62. The van der Waals surface area contributed by atoms with Crippen LogP contribution in [0.5, 0.6) is 0 Å². The van der Waals surface area contributed by atoms with Gasteiger partial charge in [0, 0.05) is 55.1 Å². The minimum absolute atomic E-state index is 0.0238. The second kappa shape index (κ2) is 10.5. The lowest BCUT2D eigenvalue weighted by Crippen LogP contribution is -2.48. The van der Waals surface area contributed by atoms with Crippen molar-refractivity contribution in [3.05, 3.63) is 24.3 Å². The summed E-state index contributed by atoms with van der Waals surface area (Å²) >= 11 is 1.77. The summed E-state index contributed by atoms with van der Waals surface area (Å²) in [6.45, 7) is 2.01. The quantitative estimate of drug-likeness (QED) is 0.755. The van der Waals surface area contributed by atoms with E-state index < -0.39 is 0 Å². The van der Waals surface area contributed by atoms with E-state index in [1.54, 1.807) is 11.8 Å². The largest absolute Gasteiger partial charge is 0.353 e. The van der Waals surface area contributed by atoms with Gasteiger partial charge in [-0.05, 0) is 37.8 Å². The average molecular weight is 444 g/mol. The highest BCUT2D eigenvalue weighted by Gasteiger charge is 2.28. The number of carbonyl (C=O) groups excluding carboxylic acids is 3. The van der Waals surface area contributed by atoms with Crippen molar-refractivity contribution >= 4 is 35.2 Å². The summed E-state index contributed by atoms with van der Waals surface area (Å²) in [5.41, 5.74) is 0.964. The van der Waals surface area contributed by atoms with Crippen LogP contribution < -0.4 is 10.2 Å². The molecule has 2 fully saturated rings. The lowest BCUT2D eigenvalue weighted by molar-refractivity contribution is -0.134. The third-order valence-electron chi connectivity index (χ3n) is 6.75. The Hall–Kier alpha value is -2.02. The van der Waals surface area contributed by atoms with E-state index in [0.717, 1.165) is 54.9 Å². The van der Waals surface area contributed by atoms with E-state index in [-0.39, 0.29) is 42.5 Å². The number of amides is 3. The molecule has 2 heterocycles. The molecule has 0 bridgehead atoms. The van der Waals surface area contributed by atoms with Crippen LogP contribution in [0.4, 0.5) is 5.69 Å². The average Bonchev–Trinajstić information content (AvgIpc) is 2.83. The zero-order valence-electron chi connectivity index (χ0n) is 18.2. The van der Waals surface area contributed by atoms with Gasteiger partial charge in [0.2, 0.25) is 17.7 Å². The number of fused-ring (bicyclic) bond motifs is 1. The summed E-state index contributed by atoms with van der Waals surface area (Å²) < 4.78 is 0. The van der Waals surface area contributed by atoms with E-state index in [1.807, 2.05) is 34.1 Å². The van der Waals surface area contributed by atoms with Crippen LogP contribution in [-0.4, -0.2) is 54.1 Å². The van der Waals surface area contributed by atoms with Crippen LogP contribution in [0.1, 0.15) is 57.8 Å². The molecule has 0 radical (unpaired) electrons. The van der Waals surface area contributed by atoms with Gasteiger partial charge in [-0.2, -0.15) is 0 Å². The number of rotatable bonds is 5. The summed E-state index contributed by atoms with van der Waals surface area (Å²) in [6.07, 6.45) is 7.69. The van der Waals surface area contributed by atoms with Crippen LogP contribution in [0.15, 0.2) is 29.2 Å². The number of nitrogens with zero attached hydrogens (tertiary/aromatic N) is 2. The molecule has 3 aliphatic rings. The predicted molar refractivity (Wildman–Crippen MR) is 123 cm³/mol. The summed E-state index contributed by atoms with van der Waals surface area (Å²) in [5.74, 6) is 1.34. The highest BCUT2D eigenvalue weighted by Crippen LogP contribution is 2.34. The molecule has 1 N–H and O–H groups in total. The van der Waals surface area contributed by atoms with Gasteiger partial charge in [0.1, 0.15) is 0 Å². The van der Waals surface area contributed by atoms with Crippen LogP contribution in [-0.2, 0) is 14.4 Å². The first-order valence-electron chi connectivity index (χ1n) is 11.7.